The van der Waals surface area contributed by atoms with Crippen molar-refractivity contribution in [3.8, 4) is 23.0 Å². The molecule has 1 heterocycles. The molecule has 0 fully saturated rings. The van der Waals surface area contributed by atoms with Crippen molar-refractivity contribution in [2.24, 2.45) is 0 Å². The third-order valence-corrected chi connectivity index (χ3v) is 7.75. The molecule has 0 saturated heterocycles. The highest BCUT2D eigenvalue weighted by atomic mass is 32.2. The first-order chi connectivity index (χ1) is 16.4. The van der Waals surface area contributed by atoms with E-state index < -0.39 is 37.0 Å². The molecule has 8 nitrogen and oxygen atoms in total. The third kappa shape index (κ3) is 5.41. The topological polar surface area (TPSA) is 113 Å². The number of hydrogen-bond acceptors (Lipinski definition) is 8. The van der Waals surface area contributed by atoms with Crippen molar-refractivity contribution in [1.82, 2.24) is 4.98 Å². The second-order valence-electron chi connectivity index (χ2n) is 7.11. The molecule has 0 amide bonds. The van der Waals surface area contributed by atoms with E-state index in [0.29, 0.717) is 5.58 Å². The highest BCUT2D eigenvalue weighted by molar-refractivity contribution is 7.91. The summed E-state index contributed by atoms with van der Waals surface area (Å²) in [6.45, 7) is 1.51. The number of nitrogens with zero attached hydrogens (tertiary/aromatic N) is 1. The molecule has 3 aromatic carbocycles. The summed E-state index contributed by atoms with van der Waals surface area (Å²) in [4.78, 5) is 3.53. The minimum absolute atomic E-state index is 0.0506. The number of rotatable bonds is 7. The Kier molecular flexibility index (Phi) is 6.23. The van der Waals surface area contributed by atoms with E-state index in [9.17, 15) is 30.0 Å². The lowest BCUT2D eigenvalue weighted by Crippen LogP contribution is -2.20. The van der Waals surface area contributed by atoms with Gasteiger partial charge in [0.05, 0.1) is 10.6 Å². The van der Waals surface area contributed by atoms with Gasteiger partial charge in [0.15, 0.2) is 21.2 Å². The number of fused-ring (bicyclic) bond motifs is 1. The van der Waals surface area contributed by atoms with E-state index in [2.05, 4.69) is 9.72 Å². The maximum Gasteiger partial charge on any atom is 0.573 e. The van der Waals surface area contributed by atoms with Crippen LogP contribution in [-0.2, 0) is 20.0 Å². The first kappa shape index (κ1) is 24.5. The number of aromatic nitrogens is 1. The summed E-state index contributed by atoms with van der Waals surface area (Å²) in [5.41, 5.74) is 0.854. The molecule has 0 aliphatic heterocycles. The van der Waals surface area contributed by atoms with E-state index in [0.717, 1.165) is 12.1 Å². The van der Waals surface area contributed by atoms with Crippen LogP contribution in [-0.4, -0.2) is 33.9 Å². The quantitative estimate of drug-likeness (QED) is 0.310. The van der Waals surface area contributed by atoms with Crippen LogP contribution < -0.4 is 8.92 Å². The van der Waals surface area contributed by atoms with Crippen LogP contribution in [0.5, 0.6) is 11.5 Å². The molecule has 0 aliphatic carbocycles. The SMILES string of the molecule is CCS(=O)(=O)c1ccc2oc(-c3cccc(OS(=O)(=O)c4ccccc4OC(F)(F)F)c3)nc2c1. The Balaban J connectivity index is 1.66. The zero-order valence-corrected chi connectivity index (χ0v) is 19.4. The van der Waals surface area contributed by atoms with Gasteiger partial charge in [-0.3, -0.25) is 0 Å². The second kappa shape index (κ2) is 8.89. The number of ether oxygens (including phenoxy) is 1. The molecule has 0 aliphatic rings. The summed E-state index contributed by atoms with van der Waals surface area (Å²) in [5, 5.41) is 0. The molecule has 0 unspecified atom stereocenters. The zero-order valence-electron chi connectivity index (χ0n) is 17.8. The monoisotopic (exact) mass is 527 g/mol. The molecule has 0 radical (unpaired) electrons. The minimum atomic E-state index is -5.10. The van der Waals surface area contributed by atoms with E-state index in [1.165, 1.54) is 61.5 Å². The van der Waals surface area contributed by atoms with Gasteiger partial charge in [-0.05, 0) is 48.5 Å². The van der Waals surface area contributed by atoms with Gasteiger partial charge in [-0.15, -0.1) is 13.2 Å². The smallest absolute Gasteiger partial charge is 0.436 e. The number of sulfone groups is 1. The molecule has 4 rings (SSSR count). The zero-order chi connectivity index (χ0) is 25.4. The van der Waals surface area contributed by atoms with Crippen LogP contribution in [0, 0.1) is 0 Å². The molecule has 13 heteroatoms. The summed E-state index contributed by atoms with van der Waals surface area (Å²) < 4.78 is 102. The average molecular weight is 527 g/mol. The average Bonchev–Trinajstić information content (AvgIpc) is 3.22. The van der Waals surface area contributed by atoms with E-state index in [1.807, 2.05) is 0 Å². The van der Waals surface area contributed by atoms with Crippen molar-refractivity contribution >= 4 is 31.1 Å². The Morgan fingerprint density at radius 1 is 0.943 bits per heavy atom. The van der Waals surface area contributed by atoms with E-state index in [-0.39, 0.29) is 33.4 Å². The molecule has 0 bridgehead atoms. The lowest BCUT2D eigenvalue weighted by atomic mass is 10.2. The fourth-order valence-electron chi connectivity index (χ4n) is 3.11. The van der Waals surface area contributed by atoms with Crippen molar-refractivity contribution in [3.63, 3.8) is 0 Å². The van der Waals surface area contributed by atoms with Crippen molar-refractivity contribution in [3.05, 3.63) is 66.7 Å². The largest absolute Gasteiger partial charge is 0.573 e. The fraction of sp³-hybridized carbons (Fsp3) is 0.136. The van der Waals surface area contributed by atoms with Crippen LogP contribution in [0.3, 0.4) is 0 Å². The Morgan fingerprint density at radius 3 is 2.40 bits per heavy atom. The molecule has 184 valence electrons. The standard InChI is InChI=1S/C22H16F3NO7S2/c1-2-34(27,28)16-10-11-18-17(13-16)26-21(31-18)14-6-5-7-15(12-14)33-35(29,30)20-9-4-3-8-19(20)32-22(23,24)25/h3-13H,2H2,1H3. The summed E-state index contributed by atoms with van der Waals surface area (Å²) in [6, 6.07) is 13.9. The Bertz CT molecular complexity index is 1610. The predicted molar refractivity (Wildman–Crippen MR) is 118 cm³/mol. The van der Waals surface area contributed by atoms with Gasteiger partial charge in [0.25, 0.3) is 0 Å². The first-order valence-corrected chi connectivity index (χ1v) is 13.0. The number of alkyl halides is 3. The van der Waals surface area contributed by atoms with Crippen molar-refractivity contribution in [1.29, 1.82) is 0 Å². The van der Waals surface area contributed by atoms with Crippen molar-refractivity contribution < 1.29 is 43.3 Å². The van der Waals surface area contributed by atoms with Crippen LogP contribution in [0.25, 0.3) is 22.6 Å². The number of hydrogen-bond donors (Lipinski definition) is 0. The molecule has 0 saturated carbocycles. The summed E-state index contributed by atoms with van der Waals surface area (Å²) in [5.74, 6) is -1.20. The number of oxazole rings is 1. The van der Waals surface area contributed by atoms with Crippen LogP contribution in [0.4, 0.5) is 13.2 Å². The fourth-order valence-corrected chi connectivity index (χ4v) is 5.06. The predicted octanol–water partition coefficient (Wildman–Crippen LogP) is 4.95. The van der Waals surface area contributed by atoms with E-state index in [1.54, 1.807) is 0 Å². The van der Waals surface area contributed by atoms with Gasteiger partial charge in [-0.1, -0.05) is 25.1 Å². The molecule has 0 spiro atoms. The molecule has 0 atom stereocenters. The Labute approximate surface area is 198 Å². The lowest BCUT2D eigenvalue weighted by Gasteiger charge is -2.13. The summed E-state index contributed by atoms with van der Waals surface area (Å²) in [6.07, 6.45) is -5.10. The van der Waals surface area contributed by atoms with Gasteiger partial charge in [0, 0.05) is 5.56 Å². The number of para-hydroxylation sites is 1. The van der Waals surface area contributed by atoms with Gasteiger partial charge in [-0.2, -0.15) is 8.42 Å². The highest BCUT2D eigenvalue weighted by Crippen LogP contribution is 2.33. The minimum Gasteiger partial charge on any atom is -0.436 e. The van der Waals surface area contributed by atoms with Crippen LogP contribution in [0.2, 0.25) is 0 Å². The van der Waals surface area contributed by atoms with Crippen molar-refractivity contribution in [2.45, 2.75) is 23.1 Å². The molecule has 1 aromatic heterocycles. The van der Waals surface area contributed by atoms with Gasteiger partial charge >= 0.3 is 16.5 Å². The third-order valence-electron chi connectivity index (χ3n) is 4.73. The van der Waals surface area contributed by atoms with Crippen LogP contribution >= 0.6 is 0 Å². The van der Waals surface area contributed by atoms with Crippen LogP contribution in [0.15, 0.2) is 80.9 Å². The Hall–Kier alpha value is -3.58. The molecular weight excluding hydrogens is 511 g/mol. The summed E-state index contributed by atoms with van der Waals surface area (Å²) >= 11 is 0. The number of benzene rings is 3. The molecule has 4 aromatic rings. The maximum absolute atomic E-state index is 12.7. The van der Waals surface area contributed by atoms with Gasteiger partial charge < -0.3 is 13.3 Å². The van der Waals surface area contributed by atoms with Gasteiger partial charge in [0.1, 0.15) is 16.2 Å². The molecule has 0 N–H and O–H groups in total. The summed E-state index contributed by atoms with van der Waals surface area (Å²) in [7, 11) is -8.17. The van der Waals surface area contributed by atoms with Crippen molar-refractivity contribution in [2.75, 3.05) is 5.75 Å². The highest BCUT2D eigenvalue weighted by Gasteiger charge is 2.34. The van der Waals surface area contributed by atoms with Crippen LogP contribution in [0.1, 0.15) is 6.92 Å². The normalized spacial score (nSPS) is 12.6. The second-order valence-corrected chi connectivity index (χ2v) is 10.9. The molecular formula is C22H16F3NO7S2. The maximum atomic E-state index is 12.7. The Morgan fingerprint density at radius 2 is 1.69 bits per heavy atom. The van der Waals surface area contributed by atoms with E-state index >= 15 is 0 Å². The van der Waals surface area contributed by atoms with Gasteiger partial charge in [0.2, 0.25) is 5.89 Å². The lowest BCUT2D eigenvalue weighted by molar-refractivity contribution is -0.275. The number of halogens is 3. The first-order valence-electron chi connectivity index (χ1n) is 9.91. The molecule has 35 heavy (non-hydrogen) atoms. The van der Waals surface area contributed by atoms with Gasteiger partial charge in [-0.25, -0.2) is 13.4 Å². The van der Waals surface area contributed by atoms with E-state index in [4.69, 9.17) is 8.60 Å².